The highest BCUT2D eigenvalue weighted by atomic mass is 35.5. The highest BCUT2D eigenvalue weighted by Gasteiger charge is 2.34. The van der Waals surface area contributed by atoms with Crippen molar-refractivity contribution in [2.24, 2.45) is 5.92 Å². The number of rotatable bonds is 6. The van der Waals surface area contributed by atoms with Crippen LogP contribution in [-0.2, 0) is 17.9 Å². The molecule has 2 fully saturated rings. The Hall–Kier alpha value is -1.56. The summed E-state index contributed by atoms with van der Waals surface area (Å²) in [5.74, 6) is 0.741. The normalized spacial score (nSPS) is 23.2. The molecule has 2 N–H and O–H groups in total. The Labute approximate surface area is 173 Å². The second kappa shape index (κ2) is 10.1. The topological polar surface area (TPSA) is 59.0 Å². The van der Waals surface area contributed by atoms with Crippen molar-refractivity contribution < 1.29 is 4.79 Å². The molecule has 0 spiro atoms. The third kappa shape index (κ3) is 5.96. The number of fused-ring (bicyclic) bond motifs is 2. The van der Waals surface area contributed by atoms with Crippen molar-refractivity contribution in [2.75, 3.05) is 0 Å². The Balaban J connectivity index is 0.00000131. The molecule has 2 bridgehead atoms. The maximum Gasteiger partial charge on any atom is 0.220 e. The summed E-state index contributed by atoms with van der Waals surface area (Å²) in [5.41, 5.74) is 2.38. The highest BCUT2D eigenvalue weighted by molar-refractivity contribution is 5.85. The summed E-state index contributed by atoms with van der Waals surface area (Å²) < 4.78 is 2.04. The minimum Gasteiger partial charge on any atom is -0.352 e. The minimum atomic E-state index is 0. The van der Waals surface area contributed by atoms with Crippen LogP contribution in [0, 0.1) is 5.92 Å². The first-order chi connectivity index (χ1) is 12.2. The molecule has 148 valence electrons. The number of nitrogens with one attached hydrogen (secondary N) is 2. The van der Waals surface area contributed by atoms with Crippen molar-refractivity contribution in [1.29, 1.82) is 0 Å². The average molecular weight is 411 g/mol. The third-order valence-electron chi connectivity index (χ3n) is 5.48. The molecule has 1 amide bonds. The van der Waals surface area contributed by atoms with Crippen molar-refractivity contribution >= 4 is 30.7 Å². The van der Waals surface area contributed by atoms with E-state index in [1.54, 1.807) is 6.20 Å². The number of carbonyl (C=O) groups is 1. The molecule has 5 nitrogen and oxygen atoms in total. The van der Waals surface area contributed by atoms with E-state index in [9.17, 15) is 4.79 Å². The molecule has 4 rings (SSSR count). The Kier molecular flexibility index (Phi) is 8.14. The fourth-order valence-electron chi connectivity index (χ4n) is 4.23. The van der Waals surface area contributed by atoms with Crippen molar-refractivity contribution in [1.82, 2.24) is 20.2 Å². The van der Waals surface area contributed by atoms with Crippen LogP contribution in [0.1, 0.15) is 43.2 Å². The van der Waals surface area contributed by atoms with E-state index in [1.165, 1.54) is 18.4 Å². The summed E-state index contributed by atoms with van der Waals surface area (Å²) in [6.45, 7) is 1.44. The van der Waals surface area contributed by atoms with Crippen LogP contribution in [0.4, 0.5) is 0 Å². The molecule has 7 heteroatoms. The monoisotopic (exact) mass is 410 g/mol. The van der Waals surface area contributed by atoms with Crippen molar-refractivity contribution in [3.8, 4) is 0 Å². The molecule has 0 saturated carbocycles. The zero-order valence-corrected chi connectivity index (χ0v) is 17.0. The molecule has 2 saturated heterocycles. The maximum atomic E-state index is 12.3. The molecular formula is C20H28Cl2N4O. The van der Waals surface area contributed by atoms with Crippen LogP contribution < -0.4 is 10.6 Å². The fraction of sp³-hybridized carbons (Fsp3) is 0.500. The minimum absolute atomic E-state index is 0. The Morgan fingerprint density at radius 1 is 1.11 bits per heavy atom. The number of aromatic nitrogens is 2. The number of nitrogens with zero attached hydrogens (tertiary/aromatic N) is 2. The number of hydrogen-bond donors (Lipinski definition) is 2. The van der Waals surface area contributed by atoms with Crippen LogP contribution in [0.5, 0.6) is 0 Å². The lowest BCUT2D eigenvalue weighted by Gasteiger charge is -2.28. The van der Waals surface area contributed by atoms with Gasteiger partial charge in [-0.3, -0.25) is 4.79 Å². The summed E-state index contributed by atoms with van der Waals surface area (Å²) in [6.07, 6.45) is 11.1. The van der Waals surface area contributed by atoms with Crippen LogP contribution in [0.25, 0.3) is 0 Å². The first-order valence-electron chi connectivity index (χ1n) is 9.31. The van der Waals surface area contributed by atoms with Gasteiger partial charge in [-0.15, -0.1) is 24.8 Å². The van der Waals surface area contributed by atoms with E-state index in [0.29, 0.717) is 31.0 Å². The van der Waals surface area contributed by atoms with E-state index in [4.69, 9.17) is 0 Å². The van der Waals surface area contributed by atoms with Gasteiger partial charge < -0.3 is 15.2 Å². The lowest BCUT2D eigenvalue weighted by atomic mass is 9.89. The third-order valence-corrected chi connectivity index (χ3v) is 5.48. The Bertz CT molecular complexity index is 693. The molecule has 0 aliphatic carbocycles. The van der Waals surface area contributed by atoms with Gasteiger partial charge in [-0.1, -0.05) is 24.3 Å². The Morgan fingerprint density at radius 2 is 1.78 bits per heavy atom. The van der Waals surface area contributed by atoms with Gasteiger partial charge in [-0.2, -0.15) is 0 Å². The second-order valence-corrected chi connectivity index (χ2v) is 7.51. The zero-order chi connectivity index (χ0) is 17.1. The Morgan fingerprint density at radius 3 is 2.41 bits per heavy atom. The van der Waals surface area contributed by atoms with E-state index < -0.39 is 0 Å². The number of amides is 1. The number of imidazole rings is 1. The van der Waals surface area contributed by atoms with Crippen molar-refractivity contribution in [3.05, 3.63) is 54.1 Å². The maximum absolute atomic E-state index is 12.3. The van der Waals surface area contributed by atoms with E-state index >= 15 is 0 Å². The first kappa shape index (κ1) is 21.7. The fourth-order valence-corrected chi connectivity index (χ4v) is 4.23. The molecule has 3 heterocycles. The van der Waals surface area contributed by atoms with Gasteiger partial charge in [0, 0.05) is 44.0 Å². The molecule has 2 atom stereocenters. The molecule has 2 aliphatic rings. The standard InChI is InChI=1S/C20H26N4O.2ClH/c25-20(11-17-9-18-5-6-19(10-17)23-18)22-12-15-1-3-16(4-2-15)13-24-8-7-21-14-24;;/h1-4,7-8,14,17-19,23H,5-6,9-13H2,(H,22,25);2*1H. The summed E-state index contributed by atoms with van der Waals surface area (Å²) in [7, 11) is 0. The number of halogens is 2. The van der Waals surface area contributed by atoms with Crippen molar-refractivity contribution in [2.45, 2.75) is 57.3 Å². The van der Waals surface area contributed by atoms with Crippen LogP contribution in [-0.4, -0.2) is 27.5 Å². The smallest absolute Gasteiger partial charge is 0.220 e. The molecule has 27 heavy (non-hydrogen) atoms. The van der Waals surface area contributed by atoms with Gasteiger partial charge >= 0.3 is 0 Å². The van der Waals surface area contributed by atoms with Gasteiger partial charge in [-0.05, 0) is 42.7 Å². The number of carbonyl (C=O) groups excluding carboxylic acids is 1. The molecule has 2 aliphatic heterocycles. The number of piperidine rings is 1. The van der Waals surface area contributed by atoms with E-state index in [-0.39, 0.29) is 30.7 Å². The predicted molar refractivity (Wildman–Crippen MR) is 111 cm³/mol. The lowest BCUT2D eigenvalue weighted by Crippen LogP contribution is -2.39. The number of hydrogen-bond acceptors (Lipinski definition) is 3. The van der Waals surface area contributed by atoms with E-state index in [0.717, 1.165) is 24.9 Å². The summed E-state index contributed by atoms with van der Waals surface area (Å²) >= 11 is 0. The molecule has 0 radical (unpaired) electrons. The zero-order valence-electron chi connectivity index (χ0n) is 15.3. The van der Waals surface area contributed by atoms with Crippen molar-refractivity contribution in [3.63, 3.8) is 0 Å². The molecule has 2 aromatic rings. The van der Waals surface area contributed by atoms with Gasteiger partial charge in [0.15, 0.2) is 0 Å². The van der Waals surface area contributed by atoms with Gasteiger partial charge in [0.25, 0.3) is 0 Å². The lowest BCUT2D eigenvalue weighted by molar-refractivity contribution is -0.122. The highest BCUT2D eigenvalue weighted by Crippen LogP contribution is 2.32. The summed E-state index contributed by atoms with van der Waals surface area (Å²) in [5, 5.41) is 6.72. The molecular weight excluding hydrogens is 383 g/mol. The van der Waals surface area contributed by atoms with E-state index in [1.807, 2.05) is 17.1 Å². The largest absolute Gasteiger partial charge is 0.352 e. The SMILES string of the molecule is Cl.Cl.O=C(CC1CC2CCC(C1)N2)NCc1ccc(Cn2ccnc2)cc1. The first-order valence-corrected chi connectivity index (χ1v) is 9.31. The average Bonchev–Trinajstić information content (AvgIpc) is 3.24. The van der Waals surface area contributed by atoms with Gasteiger partial charge in [0.05, 0.1) is 6.33 Å². The number of benzene rings is 1. The van der Waals surface area contributed by atoms with Gasteiger partial charge in [-0.25, -0.2) is 4.98 Å². The van der Waals surface area contributed by atoms with Crippen LogP contribution in [0.3, 0.4) is 0 Å². The molecule has 1 aromatic carbocycles. The molecule has 1 aromatic heterocycles. The summed E-state index contributed by atoms with van der Waals surface area (Å²) in [6, 6.07) is 9.73. The van der Waals surface area contributed by atoms with Crippen LogP contribution in [0.15, 0.2) is 43.0 Å². The quantitative estimate of drug-likeness (QED) is 0.767. The van der Waals surface area contributed by atoms with Gasteiger partial charge in [0.2, 0.25) is 5.91 Å². The van der Waals surface area contributed by atoms with Crippen LogP contribution >= 0.6 is 24.8 Å². The second-order valence-electron chi connectivity index (χ2n) is 7.51. The summed E-state index contributed by atoms with van der Waals surface area (Å²) in [4.78, 5) is 16.3. The van der Waals surface area contributed by atoms with E-state index in [2.05, 4.69) is 39.9 Å². The van der Waals surface area contributed by atoms with Gasteiger partial charge in [0.1, 0.15) is 0 Å². The predicted octanol–water partition coefficient (Wildman–Crippen LogP) is 3.31. The van der Waals surface area contributed by atoms with Crippen LogP contribution in [0.2, 0.25) is 0 Å². The molecule has 2 unspecified atom stereocenters.